The van der Waals surface area contributed by atoms with Crippen molar-refractivity contribution in [2.45, 2.75) is 63.1 Å². The molecule has 0 aromatic heterocycles. The van der Waals surface area contributed by atoms with Gasteiger partial charge in [-0.15, -0.1) is 0 Å². The van der Waals surface area contributed by atoms with Crippen LogP contribution in [0.15, 0.2) is 18.2 Å². The quantitative estimate of drug-likeness (QED) is 0.525. The molecule has 0 aliphatic heterocycles. The zero-order chi connectivity index (χ0) is 18.1. The van der Waals surface area contributed by atoms with Crippen molar-refractivity contribution in [2.24, 2.45) is 17.3 Å². The van der Waals surface area contributed by atoms with Crippen LogP contribution in [-0.4, -0.2) is 27.3 Å². The van der Waals surface area contributed by atoms with Crippen molar-refractivity contribution >= 4 is 20.7 Å². The molecule has 0 heterocycles. The summed E-state index contributed by atoms with van der Waals surface area (Å²) in [7, 11) is 0. The number of fused-ring (bicyclic) bond motifs is 5. The molecule has 1 aromatic rings. The van der Waals surface area contributed by atoms with E-state index in [1.165, 1.54) is 17.5 Å². The smallest absolute Gasteiger partial charge is 0.299 e. The number of Topliss-reactive ketones (excluding diaryl/α,β-unsaturated/α-hetero) is 1. The molecule has 4 atom stereocenters. The summed E-state index contributed by atoms with van der Waals surface area (Å²) in [6.07, 6.45) is 7.44. The van der Waals surface area contributed by atoms with Crippen LogP contribution in [0.25, 0.3) is 0 Å². The fourth-order valence-corrected chi connectivity index (χ4v) is 6.53. The number of carbonyl (C=O) groups is 1. The molecule has 4 heteroatoms. The van der Waals surface area contributed by atoms with E-state index in [0.717, 1.165) is 49.6 Å². The van der Waals surface area contributed by atoms with Crippen LogP contribution in [0, 0.1) is 27.5 Å². The summed E-state index contributed by atoms with van der Waals surface area (Å²) >= 11 is 0.103. The van der Waals surface area contributed by atoms with Gasteiger partial charge < -0.3 is 0 Å². The minimum Gasteiger partial charge on any atom is -0.299 e. The van der Waals surface area contributed by atoms with E-state index in [0.29, 0.717) is 30.1 Å². The van der Waals surface area contributed by atoms with Crippen molar-refractivity contribution in [2.75, 3.05) is 6.61 Å². The van der Waals surface area contributed by atoms with Gasteiger partial charge in [0, 0.05) is 6.42 Å². The minimum atomic E-state index is -0.0351. The molecule has 0 N–H and O–H groups in total. The maximum absolute atomic E-state index is 12.4. The summed E-state index contributed by atoms with van der Waals surface area (Å²) in [4.78, 5) is 14.7. The number of carbonyl (C=O) groups excluding carboxylic acids is 1. The third-order valence-electron chi connectivity index (χ3n) is 7.13. The second kappa shape index (κ2) is 7.37. The van der Waals surface area contributed by atoms with E-state index in [2.05, 4.69) is 30.1 Å². The van der Waals surface area contributed by atoms with Crippen molar-refractivity contribution in [3.05, 3.63) is 29.3 Å². The van der Waals surface area contributed by atoms with E-state index in [1.807, 2.05) is 0 Å². The Morgan fingerprint density at radius 2 is 2.19 bits per heavy atom. The first-order valence-electron chi connectivity index (χ1n) is 9.93. The van der Waals surface area contributed by atoms with Crippen LogP contribution in [0.4, 0.5) is 0 Å². The van der Waals surface area contributed by atoms with Gasteiger partial charge in [-0.05, 0) is 0 Å². The molecule has 138 valence electrons. The van der Waals surface area contributed by atoms with Gasteiger partial charge >= 0.3 is 139 Å². The predicted octanol–water partition coefficient (Wildman–Crippen LogP) is 4.48. The summed E-state index contributed by atoms with van der Waals surface area (Å²) < 4.78 is 5.91. The van der Waals surface area contributed by atoms with Crippen LogP contribution in [0.1, 0.15) is 62.5 Å². The number of nitriles is 1. The summed E-state index contributed by atoms with van der Waals surface area (Å²) in [5.74, 6) is 3.42. The van der Waals surface area contributed by atoms with Gasteiger partial charge in [-0.3, -0.25) is 4.79 Å². The van der Waals surface area contributed by atoms with Crippen molar-refractivity contribution < 1.29 is 9.53 Å². The van der Waals surface area contributed by atoms with Gasteiger partial charge in [0.1, 0.15) is 5.78 Å². The van der Waals surface area contributed by atoms with Crippen molar-refractivity contribution in [3.63, 3.8) is 0 Å². The molecule has 3 nitrogen and oxygen atoms in total. The number of aryl methyl sites for hydroxylation is 1. The Labute approximate surface area is 162 Å². The van der Waals surface area contributed by atoms with Gasteiger partial charge in [0.2, 0.25) is 0 Å². The van der Waals surface area contributed by atoms with E-state index in [-0.39, 0.29) is 20.4 Å². The summed E-state index contributed by atoms with van der Waals surface area (Å²) in [6, 6.07) is 6.67. The first kappa shape index (κ1) is 18.1. The molecule has 2 fully saturated rings. The Morgan fingerprint density at radius 1 is 1.31 bits per heavy atom. The zero-order valence-electron chi connectivity index (χ0n) is 15.5. The monoisotopic (exact) mass is 417 g/mol. The molecule has 0 amide bonds. The Bertz CT molecular complexity index is 740. The molecule has 0 radical (unpaired) electrons. The number of benzene rings is 1. The third-order valence-corrected chi connectivity index (χ3v) is 8.44. The van der Waals surface area contributed by atoms with Crippen molar-refractivity contribution in [3.8, 4) is 10.7 Å². The Balaban J connectivity index is 1.46. The number of ether oxygens (including phenoxy) is 1. The molecule has 0 spiro atoms. The minimum absolute atomic E-state index is 0.0351. The van der Waals surface area contributed by atoms with E-state index in [9.17, 15) is 4.79 Å². The SMILES string of the molecule is C[C@]12CC[C@@H]3c4ccc(OCCC[Se]C#N)cc4CC[C@H]3[C@@H]1CCC2=O. The molecule has 3 aliphatic rings. The predicted molar refractivity (Wildman–Crippen MR) is 102 cm³/mol. The molecule has 4 rings (SSSR count). The number of nitrogens with zero attached hydrogens (tertiary/aromatic N) is 1. The number of ketones is 1. The summed E-state index contributed by atoms with van der Waals surface area (Å²) in [5.41, 5.74) is 2.94. The maximum atomic E-state index is 12.4. The number of hydrogen-bond acceptors (Lipinski definition) is 3. The average molecular weight is 416 g/mol. The van der Waals surface area contributed by atoms with Crippen LogP contribution in [0.5, 0.6) is 5.75 Å². The standard InChI is InChI=1S/C22H27NO2Se/c1-22-10-9-18-17-6-4-16(25-11-2-12-26-14-23)13-15(17)3-5-19(18)20(22)7-8-21(22)24/h4,6,13,18-20H,2-3,5,7-12H2,1H3/t18-,19-,20+,22+/m1/s1. The van der Waals surface area contributed by atoms with Gasteiger partial charge in [-0.1, -0.05) is 6.92 Å². The molecular weight excluding hydrogens is 389 g/mol. The van der Waals surface area contributed by atoms with Crippen LogP contribution in [-0.2, 0) is 11.2 Å². The van der Waals surface area contributed by atoms with Crippen LogP contribution in [0.3, 0.4) is 0 Å². The van der Waals surface area contributed by atoms with Crippen LogP contribution >= 0.6 is 0 Å². The Hall–Kier alpha value is -1.30. The zero-order valence-corrected chi connectivity index (χ0v) is 17.2. The summed E-state index contributed by atoms with van der Waals surface area (Å²) in [5, 5.41) is 9.58. The fourth-order valence-electron chi connectivity index (χ4n) is 5.79. The molecule has 26 heavy (non-hydrogen) atoms. The van der Waals surface area contributed by atoms with Gasteiger partial charge in [-0.25, -0.2) is 0 Å². The average Bonchev–Trinajstić information content (AvgIpc) is 2.96. The van der Waals surface area contributed by atoms with E-state index in [4.69, 9.17) is 10.00 Å². The van der Waals surface area contributed by atoms with E-state index >= 15 is 0 Å². The van der Waals surface area contributed by atoms with Gasteiger partial charge in [0.05, 0.1) is 0 Å². The molecule has 0 saturated heterocycles. The number of hydrogen-bond donors (Lipinski definition) is 0. The molecule has 3 aliphatic carbocycles. The summed E-state index contributed by atoms with van der Waals surface area (Å²) in [6.45, 7) is 2.94. The van der Waals surface area contributed by atoms with Crippen molar-refractivity contribution in [1.29, 1.82) is 5.26 Å². The molecule has 0 bridgehead atoms. The Morgan fingerprint density at radius 3 is 3.04 bits per heavy atom. The first-order chi connectivity index (χ1) is 12.6. The molecule has 2 saturated carbocycles. The van der Waals surface area contributed by atoms with Gasteiger partial charge in [0.15, 0.2) is 0 Å². The normalized spacial score (nSPS) is 32.3. The first-order valence-corrected chi connectivity index (χ1v) is 12.0. The van der Waals surface area contributed by atoms with Crippen LogP contribution in [0.2, 0.25) is 5.32 Å². The van der Waals surface area contributed by atoms with Crippen LogP contribution < -0.4 is 4.74 Å². The fraction of sp³-hybridized carbons (Fsp3) is 0.636. The topological polar surface area (TPSA) is 50.1 Å². The van der Waals surface area contributed by atoms with Gasteiger partial charge in [0.25, 0.3) is 0 Å². The van der Waals surface area contributed by atoms with Crippen molar-refractivity contribution in [1.82, 2.24) is 0 Å². The second-order valence-corrected chi connectivity index (χ2v) is 10.2. The molecule has 0 unspecified atom stereocenters. The van der Waals surface area contributed by atoms with E-state index in [1.54, 1.807) is 0 Å². The molecular formula is C22H27NO2Se. The Kier molecular flexibility index (Phi) is 5.13. The molecule has 1 aromatic carbocycles. The third kappa shape index (κ3) is 3.10. The van der Waals surface area contributed by atoms with E-state index < -0.39 is 0 Å². The van der Waals surface area contributed by atoms with Gasteiger partial charge in [-0.2, -0.15) is 0 Å². The number of rotatable bonds is 5. The second-order valence-electron chi connectivity index (χ2n) is 8.34.